The van der Waals surface area contributed by atoms with Gasteiger partial charge in [0.05, 0.1) is 5.88 Å². The van der Waals surface area contributed by atoms with E-state index < -0.39 is 0 Å². The summed E-state index contributed by atoms with van der Waals surface area (Å²) in [6.07, 6.45) is 0. The van der Waals surface area contributed by atoms with Crippen LogP contribution in [0, 0.1) is 20.8 Å². The van der Waals surface area contributed by atoms with Crippen molar-refractivity contribution in [1.29, 1.82) is 0 Å². The zero-order valence-corrected chi connectivity index (χ0v) is 9.11. The molecule has 0 radical (unpaired) electrons. The second-order valence-electron chi connectivity index (χ2n) is 3.24. The number of aryl methyl sites for hydroxylation is 2. The molecule has 0 spiro atoms. The molecular formula is C11H15ClO. The third-order valence-electron chi connectivity index (χ3n) is 2.10. The molecule has 1 nitrogen and oxygen atoms in total. The topological polar surface area (TPSA) is 9.23 Å². The molecule has 0 N–H and O–H groups in total. The maximum Gasteiger partial charge on any atom is 0.122 e. The summed E-state index contributed by atoms with van der Waals surface area (Å²) >= 11 is 5.56. The van der Waals surface area contributed by atoms with Crippen molar-refractivity contribution in [3.8, 4) is 5.75 Å². The van der Waals surface area contributed by atoms with Gasteiger partial charge in [0, 0.05) is 0 Å². The molecule has 0 saturated carbocycles. The highest BCUT2D eigenvalue weighted by Crippen LogP contribution is 2.23. The van der Waals surface area contributed by atoms with Gasteiger partial charge in [0.25, 0.3) is 0 Å². The number of halogens is 1. The van der Waals surface area contributed by atoms with Gasteiger partial charge in [0.1, 0.15) is 12.4 Å². The van der Waals surface area contributed by atoms with Crippen LogP contribution in [0.2, 0.25) is 0 Å². The van der Waals surface area contributed by atoms with Gasteiger partial charge in [-0.15, -0.1) is 11.6 Å². The minimum atomic E-state index is 0.534. The molecular weight excluding hydrogens is 184 g/mol. The molecule has 0 saturated heterocycles. The fourth-order valence-electron chi connectivity index (χ4n) is 1.30. The molecule has 72 valence electrons. The Morgan fingerprint density at radius 2 is 1.92 bits per heavy atom. The van der Waals surface area contributed by atoms with E-state index in [1.54, 1.807) is 0 Å². The lowest BCUT2D eigenvalue weighted by Crippen LogP contribution is -2.00. The molecule has 0 heterocycles. The highest BCUT2D eigenvalue weighted by Gasteiger charge is 2.02. The Labute approximate surface area is 84.7 Å². The zero-order valence-electron chi connectivity index (χ0n) is 8.36. The van der Waals surface area contributed by atoms with Crippen LogP contribution in [-0.2, 0) is 0 Å². The van der Waals surface area contributed by atoms with Crippen molar-refractivity contribution in [1.82, 2.24) is 0 Å². The third kappa shape index (κ3) is 2.63. The number of hydrogen-bond acceptors (Lipinski definition) is 1. The largest absolute Gasteiger partial charge is 0.492 e. The second kappa shape index (κ2) is 4.52. The summed E-state index contributed by atoms with van der Waals surface area (Å²) in [5.74, 6) is 1.49. The Hall–Kier alpha value is -0.690. The van der Waals surface area contributed by atoms with Gasteiger partial charge >= 0.3 is 0 Å². The van der Waals surface area contributed by atoms with Crippen molar-refractivity contribution in [2.24, 2.45) is 0 Å². The second-order valence-corrected chi connectivity index (χ2v) is 3.62. The van der Waals surface area contributed by atoms with Crippen molar-refractivity contribution in [3.05, 3.63) is 28.8 Å². The van der Waals surface area contributed by atoms with Crippen LogP contribution in [0.25, 0.3) is 0 Å². The first-order valence-electron chi connectivity index (χ1n) is 4.41. The molecule has 0 aromatic heterocycles. The maximum atomic E-state index is 5.56. The van der Waals surface area contributed by atoms with Gasteiger partial charge in [-0.25, -0.2) is 0 Å². The molecule has 0 aliphatic rings. The Morgan fingerprint density at radius 1 is 1.23 bits per heavy atom. The van der Waals surface area contributed by atoms with Crippen LogP contribution in [0.5, 0.6) is 5.75 Å². The lowest BCUT2D eigenvalue weighted by atomic mass is 10.1. The van der Waals surface area contributed by atoms with Crippen LogP contribution in [-0.4, -0.2) is 12.5 Å². The summed E-state index contributed by atoms with van der Waals surface area (Å²) < 4.78 is 5.52. The van der Waals surface area contributed by atoms with Crippen molar-refractivity contribution in [2.75, 3.05) is 12.5 Å². The lowest BCUT2D eigenvalue weighted by molar-refractivity contribution is 0.340. The summed E-state index contributed by atoms with van der Waals surface area (Å²) in [6.45, 7) is 6.81. The van der Waals surface area contributed by atoms with Gasteiger partial charge in [0.2, 0.25) is 0 Å². The Morgan fingerprint density at radius 3 is 2.54 bits per heavy atom. The first-order chi connectivity index (χ1) is 6.15. The van der Waals surface area contributed by atoms with Crippen molar-refractivity contribution in [2.45, 2.75) is 20.8 Å². The summed E-state index contributed by atoms with van der Waals surface area (Å²) in [5.41, 5.74) is 3.70. The first-order valence-corrected chi connectivity index (χ1v) is 4.95. The average molecular weight is 199 g/mol. The molecule has 13 heavy (non-hydrogen) atoms. The SMILES string of the molecule is Cc1cc(C)c(C)c(OCCCl)c1. The van der Waals surface area contributed by atoms with E-state index in [0.717, 1.165) is 5.75 Å². The van der Waals surface area contributed by atoms with Gasteiger partial charge < -0.3 is 4.74 Å². The highest BCUT2D eigenvalue weighted by atomic mass is 35.5. The van der Waals surface area contributed by atoms with Crippen LogP contribution in [0.4, 0.5) is 0 Å². The summed E-state index contributed by atoms with van der Waals surface area (Å²) in [4.78, 5) is 0. The fourth-order valence-corrected chi connectivity index (χ4v) is 1.38. The minimum Gasteiger partial charge on any atom is -0.492 e. The molecule has 1 rings (SSSR count). The van der Waals surface area contributed by atoms with Gasteiger partial charge in [-0.05, 0) is 43.5 Å². The molecule has 0 bridgehead atoms. The molecule has 1 aromatic carbocycles. The maximum absolute atomic E-state index is 5.56. The highest BCUT2D eigenvalue weighted by molar-refractivity contribution is 6.18. The van der Waals surface area contributed by atoms with Crippen LogP contribution in [0.1, 0.15) is 16.7 Å². The van der Waals surface area contributed by atoms with Crippen LogP contribution >= 0.6 is 11.6 Å². The van der Waals surface area contributed by atoms with Gasteiger partial charge in [-0.2, -0.15) is 0 Å². The van der Waals surface area contributed by atoms with E-state index in [4.69, 9.17) is 16.3 Å². The molecule has 0 aliphatic carbocycles. The average Bonchev–Trinajstić information content (AvgIpc) is 2.09. The molecule has 0 unspecified atom stereocenters. The van der Waals surface area contributed by atoms with E-state index in [2.05, 4.69) is 32.9 Å². The van der Waals surface area contributed by atoms with E-state index in [1.165, 1.54) is 16.7 Å². The number of benzene rings is 1. The van der Waals surface area contributed by atoms with E-state index in [-0.39, 0.29) is 0 Å². The minimum absolute atomic E-state index is 0.534. The lowest BCUT2D eigenvalue weighted by Gasteiger charge is -2.10. The zero-order chi connectivity index (χ0) is 9.84. The predicted octanol–water partition coefficient (Wildman–Crippen LogP) is 3.23. The molecule has 0 atom stereocenters. The standard InChI is InChI=1S/C11H15ClO/c1-8-6-9(2)10(3)11(7-8)13-5-4-12/h6-7H,4-5H2,1-3H3. The number of ether oxygens (including phenoxy) is 1. The Bertz CT molecular complexity index is 294. The first kappa shape index (κ1) is 10.4. The van der Waals surface area contributed by atoms with Crippen molar-refractivity contribution < 1.29 is 4.74 Å². The van der Waals surface area contributed by atoms with Crippen molar-refractivity contribution >= 4 is 11.6 Å². The molecule has 0 amide bonds. The number of alkyl halides is 1. The third-order valence-corrected chi connectivity index (χ3v) is 2.25. The number of rotatable bonds is 3. The summed E-state index contributed by atoms with van der Waals surface area (Å²) in [7, 11) is 0. The molecule has 0 fully saturated rings. The van der Waals surface area contributed by atoms with E-state index in [1.807, 2.05) is 0 Å². The Kier molecular flexibility index (Phi) is 3.61. The van der Waals surface area contributed by atoms with Gasteiger partial charge in [-0.3, -0.25) is 0 Å². The molecule has 0 aliphatic heterocycles. The predicted molar refractivity (Wildman–Crippen MR) is 56.9 cm³/mol. The number of hydrogen-bond donors (Lipinski definition) is 0. The van der Waals surface area contributed by atoms with Gasteiger partial charge in [0.15, 0.2) is 0 Å². The molecule has 1 aromatic rings. The monoisotopic (exact) mass is 198 g/mol. The van der Waals surface area contributed by atoms with Crippen LogP contribution < -0.4 is 4.74 Å². The van der Waals surface area contributed by atoms with Gasteiger partial charge in [-0.1, -0.05) is 6.07 Å². The Balaban J connectivity index is 2.92. The molecule has 2 heteroatoms. The fraction of sp³-hybridized carbons (Fsp3) is 0.455. The normalized spacial score (nSPS) is 10.2. The summed E-state index contributed by atoms with van der Waals surface area (Å²) in [5, 5.41) is 0. The smallest absolute Gasteiger partial charge is 0.122 e. The quantitative estimate of drug-likeness (QED) is 0.678. The van der Waals surface area contributed by atoms with E-state index in [0.29, 0.717) is 12.5 Å². The van der Waals surface area contributed by atoms with Crippen LogP contribution in [0.3, 0.4) is 0 Å². The van der Waals surface area contributed by atoms with Crippen molar-refractivity contribution in [3.63, 3.8) is 0 Å². The summed E-state index contributed by atoms with van der Waals surface area (Å²) in [6, 6.07) is 4.21. The van der Waals surface area contributed by atoms with Crippen LogP contribution in [0.15, 0.2) is 12.1 Å². The van der Waals surface area contributed by atoms with E-state index >= 15 is 0 Å². The van der Waals surface area contributed by atoms with E-state index in [9.17, 15) is 0 Å².